The van der Waals surface area contributed by atoms with Gasteiger partial charge >= 0.3 is 5.97 Å². The number of aliphatic carboxylic acids is 1. The van der Waals surface area contributed by atoms with Crippen LogP contribution in [-0.2, 0) is 4.79 Å². The van der Waals surface area contributed by atoms with Gasteiger partial charge in [-0.25, -0.2) is 0 Å². The summed E-state index contributed by atoms with van der Waals surface area (Å²) in [5.41, 5.74) is 6.23. The Hall–Kier alpha value is -1.45. The predicted octanol–water partition coefficient (Wildman–Crippen LogP) is -0.209. The van der Waals surface area contributed by atoms with E-state index in [1.165, 1.54) is 0 Å². The van der Waals surface area contributed by atoms with Crippen molar-refractivity contribution >= 4 is 5.97 Å². The van der Waals surface area contributed by atoms with Crippen molar-refractivity contribution in [3.05, 3.63) is 23.5 Å². The third-order valence-corrected chi connectivity index (χ3v) is 1.40. The van der Waals surface area contributed by atoms with Gasteiger partial charge in [0.25, 0.3) is 0 Å². The molecule has 1 heterocycles. The second kappa shape index (κ2) is 3.09. The van der Waals surface area contributed by atoms with Crippen LogP contribution in [0.5, 0.6) is 0 Å². The third-order valence-electron chi connectivity index (χ3n) is 1.40. The van der Waals surface area contributed by atoms with E-state index in [9.17, 15) is 4.79 Å². The molecule has 60 valence electrons. The van der Waals surface area contributed by atoms with E-state index in [1.54, 1.807) is 12.2 Å². The van der Waals surface area contributed by atoms with Crippen LogP contribution in [0.3, 0.4) is 0 Å². The second-order valence-corrected chi connectivity index (χ2v) is 2.37. The number of nitrogens with one attached hydrogen (secondary N) is 1. The molecule has 0 spiro atoms. The number of carboxylic acid groups (broad SMARTS) is 1. The van der Waals surface area contributed by atoms with E-state index in [-0.39, 0.29) is 6.42 Å². The largest absolute Gasteiger partial charge is 0.481 e. The van der Waals surface area contributed by atoms with Gasteiger partial charge in [-0.05, 0) is 11.6 Å². The standard InChI is InChI=1S/C7H10N2O2/c8-6-2-1-5(4-9-6)3-7(10)11/h1-2,9H,3-4,8H2,(H,10,11). The van der Waals surface area contributed by atoms with Crippen molar-refractivity contribution in [1.29, 1.82) is 0 Å². The highest BCUT2D eigenvalue weighted by molar-refractivity contribution is 5.70. The summed E-state index contributed by atoms with van der Waals surface area (Å²) < 4.78 is 0. The Kier molecular flexibility index (Phi) is 2.15. The van der Waals surface area contributed by atoms with Crippen LogP contribution in [0.2, 0.25) is 0 Å². The van der Waals surface area contributed by atoms with E-state index >= 15 is 0 Å². The normalized spacial score (nSPS) is 16.4. The van der Waals surface area contributed by atoms with Gasteiger partial charge in [0.15, 0.2) is 0 Å². The number of carbonyl (C=O) groups is 1. The van der Waals surface area contributed by atoms with E-state index in [0.717, 1.165) is 5.57 Å². The molecule has 0 aliphatic carbocycles. The highest BCUT2D eigenvalue weighted by Crippen LogP contribution is 2.04. The molecule has 1 aliphatic heterocycles. The summed E-state index contributed by atoms with van der Waals surface area (Å²) in [5, 5.41) is 11.3. The highest BCUT2D eigenvalue weighted by Gasteiger charge is 2.05. The SMILES string of the molecule is NC1=CC=C(CC(=O)O)CN1. The van der Waals surface area contributed by atoms with E-state index < -0.39 is 5.97 Å². The first-order chi connectivity index (χ1) is 5.18. The molecule has 11 heavy (non-hydrogen) atoms. The summed E-state index contributed by atoms with van der Waals surface area (Å²) >= 11 is 0. The molecule has 4 N–H and O–H groups in total. The molecule has 0 unspecified atom stereocenters. The number of hydrogen-bond donors (Lipinski definition) is 3. The fraction of sp³-hybridized carbons (Fsp3) is 0.286. The first-order valence-electron chi connectivity index (χ1n) is 3.29. The van der Waals surface area contributed by atoms with Gasteiger partial charge in [-0.1, -0.05) is 6.08 Å². The predicted molar refractivity (Wildman–Crippen MR) is 40.6 cm³/mol. The van der Waals surface area contributed by atoms with Gasteiger partial charge < -0.3 is 16.2 Å². The van der Waals surface area contributed by atoms with Gasteiger partial charge in [-0.3, -0.25) is 4.79 Å². The molecule has 0 atom stereocenters. The van der Waals surface area contributed by atoms with Crippen molar-refractivity contribution in [2.75, 3.05) is 6.54 Å². The Bertz CT molecular complexity index is 231. The van der Waals surface area contributed by atoms with Gasteiger partial charge in [-0.15, -0.1) is 0 Å². The fourth-order valence-electron chi connectivity index (χ4n) is 0.857. The summed E-state index contributed by atoms with van der Waals surface area (Å²) in [4.78, 5) is 10.2. The van der Waals surface area contributed by atoms with E-state index in [2.05, 4.69) is 5.32 Å². The molecule has 0 aromatic heterocycles. The lowest BCUT2D eigenvalue weighted by atomic mass is 10.1. The Morgan fingerprint density at radius 1 is 1.73 bits per heavy atom. The number of nitrogens with two attached hydrogens (primary N) is 1. The average Bonchev–Trinajstić information content (AvgIpc) is 1.93. The quantitative estimate of drug-likeness (QED) is 0.514. The number of allylic oxidation sites excluding steroid dienone is 2. The molecule has 0 bridgehead atoms. The molecular weight excluding hydrogens is 144 g/mol. The van der Waals surface area contributed by atoms with Crippen molar-refractivity contribution in [2.24, 2.45) is 5.73 Å². The van der Waals surface area contributed by atoms with Crippen molar-refractivity contribution in [2.45, 2.75) is 6.42 Å². The molecule has 0 amide bonds. The third kappa shape index (κ3) is 2.33. The Morgan fingerprint density at radius 3 is 2.91 bits per heavy atom. The van der Waals surface area contributed by atoms with Crippen molar-refractivity contribution in [1.82, 2.24) is 5.32 Å². The number of carboxylic acids is 1. The molecule has 4 nitrogen and oxygen atoms in total. The van der Waals surface area contributed by atoms with Crippen molar-refractivity contribution in [3.63, 3.8) is 0 Å². The summed E-state index contributed by atoms with van der Waals surface area (Å²) in [6.07, 6.45) is 3.48. The van der Waals surface area contributed by atoms with Gasteiger partial charge in [0.1, 0.15) is 0 Å². The zero-order valence-corrected chi connectivity index (χ0v) is 6.00. The van der Waals surface area contributed by atoms with E-state index in [4.69, 9.17) is 10.8 Å². The van der Waals surface area contributed by atoms with Crippen LogP contribution in [0.15, 0.2) is 23.5 Å². The molecule has 0 aromatic rings. The van der Waals surface area contributed by atoms with Gasteiger partial charge in [0, 0.05) is 6.54 Å². The minimum atomic E-state index is -0.813. The monoisotopic (exact) mass is 154 g/mol. The van der Waals surface area contributed by atoms with Crippen LogP contribution >= 0.6 is 0 Å². The maximum Gasteiger partial charge on any atom is 0.307 e. The summed E-state index contributed by atoms with van der Waals surface area (Å²) in [5.74, 6) is -0.230. The van der Waals surface area contributed by atoms with Crippen LogP contribution < -0.4 is 11.1 Å². The summed E-state index contributed by atoms with van der Waals surface area (Å²) in [6, 6.07) is 0. The average molecular weight is 154 g/mol. The molecule has 0 saturated carbocycles. The zero-order valence-electron chi connectivity index (χ0n) is 6.00. The first-order valence-corrected chi connectivity index (χ1v) is 3.29. The van der Waals surface area contributed by atoms with Crippen molar-refractivity contribution in [3.8, 4) is 0 Å². The highest BCUT2D eigenvalue weighted by atomic mass is 16.4. The van der Waals surface area contributed by atoms with Crippen LogP contribution in [0.1, 0.15) is 6.42 Å². The fourth-order valence-corrected chi connectivity index (χ4v) is 0.857. The minimum Gasteiger partial charge on any atom is -0.481 e. The number of dihydropyridines is 1. The topological polar surface area (TPSA) is 75.4 Å². The van der Waals surface area contributed by atoms with Gasteiger partial charge in [-0.2, -0.15) is 0 Å². The molecule has 4 heteroatoms. The zero-order chi connectivity index (χ0) is 8.27. The van der Waals surface area contributed by atoms with Crippen molar-refractivity contribution < 1.29 is 9.90 Å². The molecule has 1 rings (SSSR count). The maximum atomic E-state index is 10.2. The molecule has 0 saturated heterocycles. The molecule has 0 fully saturated rings. The minimum absolute atomic E-state index is 0.0801. The van der Waals surface area contributed by atoms with Crippen LogP contribution in [-0.4, -0.2) is 17.6 Å². The van der Waals surface area contributed by atoms with E-state index in [0.29, 0.717) is 12.4 Å². The Labute approximate surface area is 64.4 Å². The van der Waals surface area contributed by atoms with E-state index in [1.807, 2.05) is 0 Å². The smallest absolute Gasteiger partial charge is 0.307 e. The number of hydrogen-bond acceptors (Lipinski definition) is 3. The molecule has 0 radical (unpaired) electrons. The number of rotatable bonds is 2. The lowest BCUT2D eigenvalue weighted by Crippen LogP contribution is -2.25. The second-order valence-electron chi connectivity index (χ2n) is 2.37. The van der Waals surface area contributed by atoms with Crippen LogP contribution in [0.25, 0.3) is 0 Å². The molecular formula is C7H10N2O2. The summed E-state index contributed by atoms with van der Waals surface area (Å²) in [7, 11) is 0. The Balaban J connectivity index is 2.54. The van der Waals surface area contributed by atoms with Crippen LogP contribution in [0.4, 0.5) is 0 Å². The Morgan fingerprint density at radius 2 is 2.45 bits per heavy atom. The lowest BCUT2D eigenvalue weighted by Gasteiger charge is -2.12. The van der Waals surface area contributed by atoms with Gasteiger partial charge in [0.05, 0.1) is 12.2 Å². The maximum absolute atomic E-state index is 10.2. The molecule has 0 aromatic carbocycles. The lowest BCUT2D eigenvalue weighted by molar-refractivity contribution is -0.136. The summed E-state index contributed by atoms with van der Waals surface area (Å²) in [6.45, 7) is 0.536. The van der Waals surface area contributed by atoms with Gasteiger partial charge in [0.2, 0.25) is 0 Å². The molecule has 1 aliphatic rings. The first kappa shape index (κ1) is 7.65. The van der Waals surface area contributed by atoms with Crippen LogP contribution in [0, 0.1) is 0 Å².